The van der Waals surface area contributed by atoms with Crippen molar-refractivity contribution in [2.75, 3.05) is 0 Å². The molecule has 0 fully saturated rings. The van der Waals surface area contributed by atoms with Crippen molar-refractivity contribution in [1.29, 1.82) is 0 Å². The molecule has 2 aromatic rings. The molecule has 0 unspecified atom stereocenters. The molecule has 0 radical (unpaired) electrons. The molecule has 18 heteroatoms. The maximum absolute atomic E-state index is 12.6. The quantitative estimate of drug-likeness (QED) is 0.277. The van der Waals surface area contributed by atoms with E-state index >= 15 is 0 Å². The van der Waals surface area contributed by atoms with E-state index in [1.807, 2.05) is 11.6 Å². The van der Waals surface area contributed by atoms with Gasteiger partial charge in [0.05, 0.1) is 0 Å². The van der Waals surface area contributed by atoms with Crippen molar-refractivity contribution < 1.29 is 43.2 Å². The summed E-state index contributed by atoms with van der Waals surface area (Å²) in [6.07, 6.45) is 0. The van der Waals surface area contributed by atoms with Gasteiger partial charge in [-0.15, -0.1) is 11.4 Å². The molecule has 0 saturated carbocycles. The second-order valence-corrected chi connectivity index (χ2v) is 12.2. The molecule has 34 heavy (non-hydrogen) atoms. The standard InChI is InChI=1S/C14H8F6N2O4S2.2CH3.2Al.2ClH/c15-13(16,17)27(23,24)21-11-7-3-1-5-9(11)10-6-2-4-8-12(10)22-28(25,26)14(18,19)20;;;;;;/h1-8H;2*1H3;;;2*1H/q-2;;;2*+2;;/p-2. The molecule has 2 rings (SSSR count). The van der Waals surface area contributed by atoms with E-state index in [0.29, 0.717) is 0 Å². The number of halogens is 8. The summed E-state index contributed by atoms with van der Waals surface area (Å²) in [5.41, 5.74) is -13.7. The second kappa shape index (κ2) is 14.0. The Kier molecular flexibility index (Phi) is 13.7. The molecule has 0 N–H and O–H groups in total. The fraction of sp³-hybridized carbons (Fsp3) is 0.250. The van der Waals surface area contributed by atoms with Gasteiger partial charge in [-0.3, -0.25) is 0 Å². The Bertz CT molecular complexity index is 1050. The molecule has 2 aromatic carbocycles. The molecule has 6 nitrogen and oxygen atoms in total. The molecule has 0 aliphatic carbocycles. The zero-order valence-electron chi connectivity index (χ0n) is 17.1. The van der Waals surface area contributed by atoms with E-state index in [0.717, 1.165) is 36.4 Å². The third kappa shape index (κ3) is 10.0. The van der Waals surface area contributed by atoms with Crippen LogP contribution < -0.4 is 0 Å². The summed E-state index contributed by atoms with van der Waals surface area (Å²) >= 11 is 0.444. The Morgan fingerprint density at radius 2 is 0.882 bits per heavy atom. The van der Waals surface area contributed by atoms with E-state index < -0.39 is 42.4 Å². The van der Waals surface area contributed by atoms with Crippen LogP contribution in [0, 0.1) is 0 Å². The Labute approximate surface area is 214 Å². The van der Waals surface area contributed by atoms with Gasteiger partial charge in [-0.25, -0.2) is 16.8 Å². The van der Waals surface area contributed by atoms with Crippen LogP contribution >= 0.6 is 20.1 Å². The van der Waals surface area contributed by atoms with Crippen LogP contribution in [-0.4, -0.2) is 56.4 Å². The zero-order chi connectivity index (χ0) is 26.8. The summed E-state index contributed by atoms with van der Waals surface area (Å²) in [6, 6.07) is 8.61. The monoisotopic (exact) mass is 600 g/mol. The van der Waals surface area contributed by atoms with Crippen molar-refractivity contribution in [2.24, 2.45) is 0 Å². The zero-order valence-corrected chi connectivity index (χ0v) is 22.6. The fourth-order valence-electron chi connectivity index (χ4n) is 1.92. The molecular weight excluding hydrogens is 587 g/mol. The van der Waals surface area contributed by atoms with Crippen LogP contribution in [0.4, 0.5) is 37.7 Å². The minimum atomic E-state index is -5.96. The summed E-state index contributed by atoms with van der Waals surface area (Å²) in [4.78, 5) is 0. The van der Waals surface area contributed by atoms with E-state index in [-0.39, 0.29) is 39.7 Å². The number of hydrogen-bond donors (Lipinski definition) is 0. The van der Waals surface area contributed by atoms with E-state index in [4.69, 9.17) is 20.1 Å². The topological polar surface area (TPSA) is 96.5 Å². The minimum absolute atomic E-state index is 0.222. The van der Waals surface area contributed by atoms with Crippen LogP contribution in [0.15, 0.2) is 48.5 Å². The van der Waals surface area contributed by atoms with Gasteiger partial charge in [0.1, 0.15) is 0 Å². The van der Waals surface area contributed by atoms with Crippen LogP contribution in [0.2, 0.25) is 11.6 Å². The van der Waals surface area contributed by atoms with Crippen LogP contribution in [0.1, 0.15) is 0 Å². The van der Waals surface area contributed by atoms with Crippen molar-refractivity contribution in [2.45, 2.75) is 22.6 Å². The van der Waals surface area contributed by atoms with Gasteiger partial charge in [-0.1, -0.05) is 48.5 Å². The first kappa shape index (κ1) is 33.2. The molecule has 0 bridgehead atoms. The van der Waals surface area contributed by atoms with Crippen molar-refractivity contribution in [3.63, 3.8) is 0 Å². The van der Waals surface area contributed by atoms with E-state index in [1.165, 1.54) is 12.1 Å². The van der Waals surface area contributed by atoms with Gasteiger partial charge in [0.25, 0.3) is 0 Å². The number of nitrogens with zero attached hydrogens (tertiary/aromatic N) is 2. The predicted molar refractivity (Wildman–Crippen MR) is 123 cm³/mol. The molecule has 0 amide bonds. The molecule has 0 aliphatic heterocycles. The molecule has 0 atom stereocenters. The van der Waals surface area contributed by atoms with Crippen molar-refractivity contribution in [1.82, 2.24) is 0 Å². The molecule has 0 aliphatic rings. The number of sulfonamides is 2. The van der Waals surface area contributed by atoms with Gasteiger partial charge in [-0.2, -0.15) is 26.3 Å². The first-order valence-corrected chi connectivity index (χ1v) is 17.2. The third-order valence-electron chi connectivity index (χ3n) is 3.12. The van der Waals surface area contributed by atoms with Crippen LogP contribution in [0.3, 0.4) is 0 Å². The fourth-order valence-corrected chi connectivity index (χ4v) is 2.97. The third-order valence-corrected chi connectivity index (χ3v) is 5.16. The average molecular weight is 601 g/mol. The Balaban J connectivity index is 0.00000164. The summed E-state index contributed by atoms with van der Waals surface area (Å²) in [7, 11) is -1.75. The van der Waals surface area contributed by atoms with Crippen molar-refractivity contribution in [3.05, 3.63) is 58.0 Å². The van der Waals surface area contributed by atoms with Crippen LogP contribution in [0.25, 0.3) is 20.6 Å². The predicted octanol–water partition coefficient (Wildman–Crippen LogP) is 6.85. The molecule has 0 saturated heterocycles. The van der Waals surface area contributed by atoms with E-state index in [2.05, 4.69) is 9.44 Å². The number of alkyl halides is 6. The first-order chi connectivity index (χ1) is 15.5. The summed E-state index contributed by atoms with van der Waals surface area (Å²) in [5.74, 6) is 3.95. The van der Waals surface area contributed by atoms with Crippen LogP contribution in [-0.2, 0) is 20.0 Å². The molecule has 186 valence electrons. The first-order valence-electron chi connectivity index (χ1n) is 8.52. The maximum atomic E-state index is 12.6. The SMILES string of the molecule is O=S(=O)([N-]c1ccccc1-c1ccccc1[N-]S(=O)(=O)C(F)(F)F)C(F)(F)F.[CH3][Al+][Cl].[CH3][Al+][Cl]. The van der Waals surface area contributed by atoms with E-state index in [1.54, 1.807) is 0 Å². The summed E-state index contributed by atoms with van der Waals surface area (Å²) in [5, 5.41) is 0. The van der Waals surface area contributed by atoms with Crippen LogP contribution in [0.5, 0.6) is 0 Å². The number of hydrogen-bond acceptors (Lipinski definition) is 4. The Morgan fingerprint density at radius 1 is 0.647 bits per heavy atom. The van der Waals surface area contributed by atoms with Gasteiger partial charge in [0.2, 0.25) is 0 Å². The van der Waals surface area contributed by atoms with Crippen molar-refractivity contribution >= 4 is 80.1 Å². The number of rotatable bonds is 5. The molecular formula is C16H14Al2Cl2F6N2O4S2. The summed E-state index contributed by atoms with van der Waals surface area (Å²) < 4.78 is 126. The van der Waals surface area contributed by atoms with Gasteiger partial charge in [0, 0.05) is 0 Å². The second-order valence-electron chi connectivity index (χ2n) is 5.49. The Morgan fingerprint density at radius 3 is 1.12 bits per heavy atom. The molecule has 0 heterocycles. The van der Waals surface area contributed by atoms with E-state index in [9.17, 15) is 43.2 Å². The molecule has 0 spiro atoms. The van der Waals surface area contributed by atoms with Gasteiger partial charge < -0.3 is 9.44 Å². The van der Waals surface area contributed by atoms with Gasteiger partial charge in [-0.05, 0) is 11.1 Å². The normalized spacial score (nSPS) is 11.5. The van der Waals surface area contributed by atoms with Gasteiger partial charge in [0.15, 0.2) is 20.0 Å². The summed E-state index contributed by atoms with van der Waals surface area (Å²) in [6.45, 7) is 0. The van der Waals surface area contributed by atoms with Gasteiger partial charge >= 0.3 is 71.3 Å². The average Bonchev–Trinajstić information content (AvgIpc) is 2.68. The Hall–Kier alpha value is -0.835. The van der Waals surface area contributed by atoms with Crippen molar-refractivity contribution in [3.8, 4) is 11.1 Å². The number of benzene rings is 2. The molecule has 0 aromatic heterocycles.